The van der Waals surface area contributed by atoms with Gasteiger partial charge in [0.1, 0.15) is 17.1 Å². The van der Waals surface area contributed by atoms with Crippen LogP contribution in [0.4, 0.5) is 11.4 Å². The minimum Gasteiger partial charge on any atom is -0.494 e. The largest absolute Gasteiger partial charge is 0.494 e. The summed E-state index contributed by atoms with van der Waals surface area (Å²) in [6.45, 7) is 0.669. The van der Waals surface area contributed by atoms with E-state index in [2.05, 4.69) is 5.32 Å². The van der Waals surface area contributed by atoms with Crippen LogP contribution in [0.25, 0.3) is 16.3 Å². The van der Waals surface area contributed by atoms with Crippen LogP contribution in [0.15, 0.2) is 72.1 Å². The van der Waals surface area contributed by atoms with Crippen LogP contribution in [0.5, 0.6) is 5.75 Å². The fourth-order valence-corrected chi connectivity index (χ4v) is 4.61. The third kappa shape index (κ3) is 4.12. The molecule has 8 heteroatoms. The molecule has 5 rings (SSSR count). The average molecular weight is 459 g/mol. The molecule has 0 radical (unpaired) electrons. The lowest BCUT2D eigenvalue weighted by Gasteiger charge is -2.19. The van der Waals surface area contributed by atoms with Crippen molar-refractivity contribution in [3.05, 3.63) is 77.8 Å². The molecule has 3 heterocycles. The van der Waals surface area contributed by atoms with Crippen LogP contribution in [-0.2, 0) is 4.79 Å². The first-order valence-corrected chi connectivity index (χ1v) is 11.5. The van der Waals surface area contributed by atoms with Crippen molar-refractivity contribution in [2.45, 2.75) is 12.8 Å². The summed E-state index contributed by atoms with van der Waals surface area (Å²) >= 11 is 1.57. The predicted octanol–water partition coefficient (Wildman–Crippen LogP) is 4.99. The molecule has 33 heavy (non-hydrogen) atoms. The monoisotopic (exact) mass is 458 g/mol. The summed E-state index contributed by atoms with van der Waals surface area (Å²) in [4.78, 5) is 28.2. The van der Waals surface area contributed by atoms with Gasteiger partial charge in [0.2, 0.25) is 5.91 Å². The smallest absolute Gasteiger partial charge is 0.274 e. The zero-order chi connectivity index (χ0) is 22.8. The molecule has 2 amide bonds. The van der Waals surface area contributed by atoms with E-state index in [1.165, 1.54) is 0 Å². The van der Waals surface area contributed by atoms with Gasteiger partial charge in [-0.05, 0) is 48.2 Å². The lowest BCUT2D eigenvalue weighted by atomic mass is 10.2. The number of aromatic nitrogens is 2. The number of hydrogen-bond donors (Lipinski definition) is 1. The second-order valence-corrected chi connectivity index (χ2v) is 8.58. The Labute approximate surface area is 195 Å². The Balaban J connectivity index is 1.47. The normalized spacial score (nSPS) is 13.4. The SMILES string of the molecule is COc1cc(NC(=O)c2cc(-c3cccs3)nn2-c2ccccc2)ccc1N1CCCC1=O. The zero-order valence-electron chi connectivity index (χ0n) is 18.0. The molecule has 0 atom stereocenters. The molecule has 1 aliphatic rings. The first kappa shape index (κ1) is 21.0. The lowest BCUT2D eigenvalue weighted by Crippen LogP contribution is -2.24. The molecule has 7 nitrogen and oxygen atoms in total. The van der Waals surface area contributed by atoms with E-state index in [1.54, 1.807) is 46.2 Å². The van der Waals surface area contributed by atoms with Gasteiger partial charge in [0.15, 0.2) is 0 Å². The van der Waals surface area contributed by atoms with Crippen LogP contribution < -0.4 is 15.0 Å². The first-order chi connectivity index (χ1) is 16.1. The Morgan fingerprint density at radius 2 is 1.94 bits per heavy atom. The predicted molar refractivity (Wildman–Crippen MR) is 129 cm³/mol. The highest BCUT2D eigenvalue weighted by molar-refractivity contribution is 7.13. The number of thiophene rings is 1. The average Bonchev–Trinajstić information content (AvgIpc) is 3.60. The Kier molecular flexibility index (Phi) is 5.66. The van der Waals surface area contributed by atoms with Gasteiger partial charge in [-0.2, -0.15) is 5.10 Å². The molecule has 0 saturated carbocycles. The van der Waals surface area contributed by atoms with E-state index in [4.69, 9.17) is 9.84 Å². The fourth-order valence-electron chi connectivity index (χ4n) is 3.93. The zero-order valence-corrected chi connectivity index (χ0v) is 18.8. The van der Waals surface area contributed by atoms with Crippen molar-refractivity contribution in [2.75, 3.05) is 23.9 Å². The van der Waals surface area contributed by atoms with Crippen LogP contribution in [-0.4, -0.2) is 35.2 Å². The van der Waals surface area contributed by atoms with Crippen molar-refractivity contribution in [2.24, 2.45) is 0 Å². The topological polar surface area (TPSA) is 76.5 Å². The lowest BCUT2D eigenvalue weighted by molar-refractivity contribution is -0.117. The Morgan fingerprint density at radius 1 is 1.09 bits per heavy atom. The molecular weight excluding hydrogens is 436 g/mol. The van der Waals surface area contributed by atoms with Crippen LogP contribution in [0, 0.1) is 0 Å². The number of nitrogens with zero attached hydrogens (tertiary/aromatic N) is 3. The summed E-state index contributed by atoms with van der Waals surface area (Å²) < 4.78 is 7.17. The highest BCUT2D eigenvalue weighted by atomic mass is 32.1. The highest BCUT2D eigenvalue weighted by Gasteiger charge is 2.25. The van der Waals surface area contributed by atoms with Gasteiger partial charge in [-0.1, -0.05) is 24.3 Å². The number of ether oxygens (including phenoxy) is 1. The second-order valence-electron chi connectivity index (χ2n) is 7.63. The summed E-state index contributed by atoms with van der Waals surface area (Å²) in [7, 11) is 1.56. The summed E-state index contributed by atoms with van der Waals surface area (Å²) in [5.41, 5.74) is 3.24. The number of benzene rings is 2. The number of hydrogen-bond acceptors (Lipinski definition) is 5. The van der Waals surface area contributed by atoms with E-state index >= 15 is 0 Å². The van der Waals surface area contributed by atoms with E-state index < -0.39 is 0 Å². The van der Waals surface area contributed by atoms with Crippen molar-refractivity contribution in [1.29, 1.82) is 0 Å². The molecule has 1 N–H and O–H groups in total. The minimum atomic E-state index is -0.291. The first-order valence-electron chi connectivity index (χ1n) is 10.6. The van der Waals surface area contributed by atoms with Crippen molar-refractivity contribution >= 4 is 34.5 Å². The summed E-state index contributed by atoms with van der Waals surface area (Å²) in [6.07, 6.45) is 1.37. The van der Waals surface area contributed by atoms with Gasteiger partial charge in [0, 0.05) is 24.7 Å². The number of nitrogens with one attached hydrogen (secondary N) is 1. The molecule has 4 aromatic rings. The second kappa shape index (κ2) is 8.91. The van der Waals surface area contributed by atoms with Gasteiger partial charge in [-0.15, -0.1) is 11.3 Å². The van der Waals surface area contributed by atoms with Crippen LogP contribution in [0.2, 0.25) is 0 Å². The van der Waals surface area contributed by atoms with Crippen LogP contribution >= 0.6 is 11.3 Å². The van der Waals surface area contributed by atoms with Crippen LogP contribution in [0.1, 0.15) is 23.3 Å². The van der Waals surface area contributed by atoms with E-state index in [0.717, 1.165) is 22.7 Å². The standard InChI is InChI=1S/C25H22N4O3S/c1-32-22-15-17(11-12-20(22)28-13-5-10-24(28)30)26-25(31)21-16-19(23-9-6-14-33-23)27-29(21)18-7-3-2-4-8-18/h2-4,6-9,11-12,14-16H,5,10,13H2,1H3,(H,26,31). The molecule has 1 saturated heterocycles. The number of carbonyl (C=O) groups excluding carboxylic acids is 2. The van der Waals surface area contributed by atoms with Crippen molar-refractivity contribution in [3.8, 4) is 22.0 Å². The third-order valence-electron chi connectivity index (χ3n) is 5.52. The molecule has 2 aromatic carbocycles. The quantitative estimate of drug-likeness (QED) is 0.442. The van der Waals surface area contributed by atoms with Gasteiger partial charge >= 0.3 is 0 Å². The Hall–Kier alpha value is -3.91. The van der Waals surface area contributed by atoms with Crippen molar-refractivity contribution in [3.63, 3.8) is 0 Å². The molecule has 0 bridgehead atoms. The molecule has 0 aliphatic carbocycles. The fraction of sp³-hybridized carbons (Fsp3) is 0.160. The Bertz CT molecular complexity index is 1300. The van der Waals surface area contributed by atoms with E-state index in [0.29, 0.717) is 35.8 Å². The summed E-state index contributed by atoms with van der Waals surface area (Å²) in [6, 6.07) is 20.6. The summed E-state index contributed by atoms with van der Waals surface area (Å²) in [5, 5.41) is 9.62. The Morgan fingerprint density at radius 3 is 2.64 bits per heavy atom. The molecule has 0 spiro atoms. The van der Waals surface area contributed by atoms with Gasteiger partial charge in [0.25, 0.3) is 5.91 Å². The van der Waals surface area contributed by atoms with E-state index in [-0.39, 0.29) is 11.8 Å². The van der Waals surface area contributed by atoms with Gasteiger partial charge in [0.05, 0.1) is 23.4 Å². The van der Waals surface area contributed by atoms with E-state index in [1.807, 2.05) is 53.9 Å². The molecule has 0 unspecified atom stereocenters. The van der Waals surface area contributed by atoms with Crippen LogP contribution in [0.3, 0.4) is 0 Å². The maximum atomic E-state index is 13.3. The van der Waals surface area contributed by atoms with Gasteiger partial charge in [-0.25, -0.2) is 4.68 Å². The number of carbonyl (C=O) groups is 2. The number of para-hydroxylation sites is 1. The maximum Gasteiger partial charge on any atom is 0.274 e. The van der Waals surface area contributed by atoms with Crippen molar-refractivity contribution in [1.82, 2.24) is 9.78 Å². The summed E-state index contributed by atoms with van der Waals surface area (Å²) in [5.74, 6) is 0.332. The van der Waals surface area contributed by atoms with Gasteiger partial charge in [-0.3, -0.25) is 9.59 Å². The number of methoxy groups -OCH3 is 1. The highest BCUT2D eigenvalue weighted by Crippen LogP contribution is 2.34. The third-order valence-corrected chi connectivity index (χ3v) is 6.41. The molecule has 1 aliphatic heterocycles. The number of rotatable bonds is 6. The minimum absolute atomic E-state index is 0.0814. The van der Waals surface area contributed by atoms with E-state index in [9.17, 15) is 9.59 Å². The molecular formula is C25H22N4O3S. The maximum absolute atomic E-state index is 13.3. The molecule has 2 aromatic heterocycles. The van der Waals surface area contributed by atoms with Crippen molar-refractivity contribution < 1.29 is 14.3 Å². The number of amides is 2. The van der Waals surface area contributed by atoms with Gasteiger partial charge < -0.3 is 15.0 Å². The number of anilines is 2. The molecule has 1 fully saturated rings. The molecule has 166 valence electrons.